The number of rotatable bonds is 7. The first kappa shape index (κ1) is 19.3. The molecule has 8 nitrogen and oxygen atoms in total. The van der Waals surface area contributed by atoms with Gasteiger partial charge >= 0.3 is 0 Å². The van der Waals surface area contributed by atoms with E-state index in [2.05, 4.69) is 15.8 Å². The van der Waals surface area contributed by atoms with Gasteiger partial charge in [0.25, 0.3) is 0 Å². The minimum Gasteiger partial charge on any atom is -0.486 e. The molecule has 4 rings (SSSR count). The maximum Gasteiger partial charge on any atom is 0.247 e. The molecule has 1 fully saturated rings. The summed E-state index contributed by atoms with van der Waals surface area (Å²) in [7, 11) is 0. The Labute approximate surface area is 168 Å². The van der Waals surface area contributed by atoms with Crippen LogP contribution in [0.25, 0.3) is 0 Å². The Hall–Kier alpha value is -3.03. The van der Waals surface area contributed by atoms with Gasteiger partial charge in [0, 0.05) is 12.5 Å². The number of nitrogens with zero attached hydrogens (tertiary/aromatic N) is 1. The largest absolute Gasteiger partial charge is 0.486 e. The number of hydrogen-bond donors (Lipinski definition) is 2. The number of benzene rings is 1. The monoisotopic (exact) mass is 399 g/mol. The van der Waals surface area contributed by atoms with Gasteiger partial charge in [0.05, 0.1) is 0 Å². The highest BCUT2D eigenvalue weighted by Crippen LogP contribution is 2.46. The van der Waals surface area contributed by atoms with Crippen LogP contribution in [-0.4, -0.2) is 36.2 Å². The van der Waals surface area contributed by atoms with Crippen molar-refractivity contribution in [3.8, 4) is 11.5 Å². The van der Waals surface area contributed by atoms with Crippen LogP contribution in [-0.2, 0) is 9.59 Å². The molecule has 1 aromatic heterocycles. The molecule has 2 heterocycles. The Morgan fingerprint density at radius 3 is 2.62 bits per heavy atom. The predicted molar refractivity (Wildman–Crippen MR) is 105 cm³/mol. The fourth-order valence-corrected chi connectivity index (χ4v) is 3.57. The molecule has 2 aromatic rings. The van der Waals surface area contributed by atoms with Gasteiger partial charge in [-0.05, 0) is 56.2 Å². The first-order valence-electron chi connectivity index (χ1n) is 9.92. The molecule has 2 amide bonds. The lowest BCUT2D eigenvalue weighted by Crippen LogP contribution is -2.42. The smallest absolute Gasteiger partial charge is 0.247 e. The molecule has 2 aliphatic rings. The number of fused-ring (bicyclic) bond motifs is 1. The molecular weight excluding hydrogens is 374 g/mol. The molecular formula is C21H25N3O5. The number of ether oxygens (including phenoxy) is 2. The van der Waals surface area contributed by atoms with E-state index in [0.29, 0.717) is 37.1 Å². The Balaban J connectivity index is 1.37. The van der Waals surface area contributed by atoms with Crippen LogP contribution in [0.3, 0.4) is 0 Å². The number of amides is 2. The summed E-state index contributed by atoms with van der Waals surface area (Å²) in [5.74, 6) is 2.49. The van der Waals surface area contributed by atoms with Gasteiger partial charge < -0.3 is 24.6 Å². The average molecular weight is 399 g/mol. The van der Waals surface area contributed by atoms with Gasteiger partial charge in [-0.15, -0.1) is 0 Å². The maximum absolute atomic E-state index is 12.6. The van der Waals surface area contributed by atoms with Gasteiger partial charge in [-0.2, -0.15) is 0 Å². The third kappa shape index (κ3) is 4.70. The van der Waals surface area contributed by atoms with E-state index in [1.54, 1.807) is 19.9 Å². The second-order valence-electron chi connectivity index (χ2n) is 7.65. The number of nitrogens with one attached hydrogen (secondary N) is 2. The van der Waals surface area contributed by atoms with Gasteiger partial charge in [0.15, 0.2) is 17.3 Å². The Bertz CT molecular complexity index is 905. The summed E-state index contributed by atoms with van der Waals surface area (Å²) < 4.78 is 16.2. The minimum atomic E-state index is -0.681. The predicted octanol–water partition coefficient (Wildman–Crippen LogP) is 2.78. The van der Waals surface area contributed by atoms with E-state index in [1.807, 2.05) is 18.2 Å². The van der Waals surface area contributed by atoms with Gasteiger partial charge in [-0.3, -0.25) is 9.59 Å². The third-order valence-electron chi connectivity index (χ3n) is 5.24. The highest BCUT2D eigenvalue weighted by atomic mass is 16.6. The van der Waals surface area contributed by atoms with E-state index < -0.39 is 6.04 Å². The van der Waals surface area contributed by atoms with Crippen LogP contribution >= 0.6 is 0 Å². The first-order chi connectivity index (χ1) is 14.0. The highest BCUT2D eigenvalue weighted by Gasteiger charge is 2.35. The summed E-state index contributed by atoms with van der Waals surface area (Å²) in [5, 5.41) is 9.15. The van der Waals surface area contributed by atoms with Crippen LogP contribution in [0.2, 0.25) is 0 Å². The lowest BCUT2D eigenvalue weighted by Gasteiger charge is -2.22. The van der Waals surface area contributed by atoms with E-state index in [9.17, 15) is 9.59 Å². The van der Waals surface area contributed by atoms with Crippen molar-refractivity contribution in [2.45, 2.75) is 45.1 Å². The van der Waals surface area contributed by atoms with E-state index in [-0.39, 0.29) is 17.7 Å². The third-order valence-corrected chi connectivity index (χ3v) is 5.24. The molecule has 0 bridgehead atoms. The highest BCUT2D eigenvalue weighted by molar-refractivity contribution is 5.96. The lowest BCUT2D eigenvalue weighted by atomic mass is 9.90. The van der Waals surface area contributed by atoms with E-state index in [1.165, 1.54) is 0 Å². The number of aryl methyl sites for hydroxylation is 1. The van der Waals surface area contributed by atoms with Crippen LogP contribution in [0, 0.1) is 12.8 Å². The lowest BCUT2D eigenvalue weighted by molar-refractivity contribution is -0.126. The standard InChI is InChI=1S/C21H25N3O5/c1-12-9-19(24-29-12)23-21(26)13(2)22-20(25)11-16(14-3-4-14)15-5-6-17-18(10-15)28-8-7-27-17/h5-6,9-10,13-14,16H,3-4,7-8,11H2,1-2H3,(H,22,25)(H,23,24,26)/t13-,16?/m1/s1. The number of carbonyl (C=O) groups excluding carboxylic acids is 2. The summed E-state index contributed by atoms with van der Waals surface area (Å²) in [4.78, 5) is 24.9. The van der Waals surface area contributed by atoms with Gasteiger partial charge in [0.1, 0.15) is 25.0 Å². The molecule has 1 aliphatic heterocycles. The van der Waals surface area contributed by atoms with Crippen LogP contribution < -0.4 is 20.1 Å². The second-order valence-corrected chi connectivity index (χ2v) is 7.65. The van der Waals surface area contributed by atoms with Gasteiger partial charge in [-0.1, -0.05) is 11.2 Å². The molecule has 1 saturated carbocycles. The fraction of sp³-hybridized carbons (Fsp3) is 0.476. The average Bonchev–Trinajstić information content (AvgIpc) is 3.47. The van der Waals surface area contributed by atoms with Crippen molar-refractivity contribution >= 4 is 17.6 Å². The Morgan fingerprint density at radius 1 is 1.17 bits per heavy atom. The molecule has 2 atom stereocenters. The number of hydrogen-bond acceptors (Lipinski definition) is 6. The van der Waals surface area contributed by atoms with Crippen molar-refractivity contribution < 1.29 is 23.6 Å². The maximum atomic E-state index is 12.6. The molecule has 2 N–H and O–H groups in total. The van der Waals surface area contributed by atoms with E-state index in [0.717, 1.165) is 29.9 Å². The summed E-state index contributed by atoms with van der Waals surface area (Å²) in [5.41, 5.74) is 1.07. The fourth-order valence-electron chi connectivity index (χ4n) is 3.57. The van der Waals surface area contributed by atoms with Crippen LogP contribution in [0.15, 0.2) is 28.8 Å². The van der Waals surface area contributed by atoms with E-state index in [4.69, 9.17) is 14.0 Å². The van der Waals surface area contributed by atoms with Crippen molar-refractivity contribution in [1.82, 2.24) is 10.5 Å². The molecule has 1 aliphatic carbocycles. The van der Waals surface area contributed by atoms with Crippen molar-refractivity contribution in [3.05, 3.63) is 35.6 Å². The van der Waals surface area contributed by atoms with Crippen molar-refractivity contribution in [1.29, 1.82) is 0 Å². The van der Waals surface area contributed by atoms with Gasteiger partial charge in [0.2, 0.25) is 11.8 Å². The molecule has 1 aromatic carbocycles. The van der Waals surface area contributed by atoms with Crippen molar-refractivity contribution in [3.63, 3.8) is 0 Å². The van der Waals surface area contributed by atoms with Crippen LogP contribution in [0.5, 0.6) is 11.5 Å². The SMILES string of the molecule is Cc1cc(NC(=O)[C@@H](C)NC(=O)CC(c2ccc3c(c2)OCCO3)C2CC2)no1. The van der Waals surface area contributed by atoms with Crippen molar-refractivity contribution in [2.24, 2.45) is 5.92 Å². The molecule has 0 spiro atoms. The summed E-state index contributed by atoms with van der Waals surface area (Å²) >= 11 is 0. The number of aromatic nitrogens is 1. The van der Waals surface area contributed by atoms with Gasteiger partial charge in [-0.25, -0.2) is 0 Å². The molecule has 0 radical (unpaired) electrons. The molecule has 154 valence electrons. The van der Waals surface area contributed by atoms with Crippen molar-refractivity contribution in [2.75, 3.05) is 18.5 Å². The molecule has 1 unspecified atom stereocenters. The first-order valence-corrected chi connectivity index (χ1v) is 9.92. The summed E-state index contributed by atoms with van der Waals surface area (Å²) in [6.45, 7) is 4.47. The zero-order valence-electron chi connectivity index (χ0n) is 16.6. The normalized spacial score (nSPS) is 17.3. The Kier molecular flexibility index (Phi) is 5.42. The number of carbonyl (C=O) groups is 2. The van der Waals surface area contributed by atoms with Crippen LogP contribution in [0.1, 0.15) is 43.4 Å². The molecule has 29 heavy (non-hydrogen) atoms. The quantitative estimate of drug-likeness (QED) is 0.742. The van der Waals surface area contributed by atoms with E-state index >= 15 is 0 Å². The summed E-state index contributed by atoms with van der Waals surface area (Å²) in [6.07, 6.45) is 2.53. The summed E-state index contributed by atoms with van der Waals surface area (Å²) in [6, 6.07) is 6.84. The van der Waals surface area contributed by atoms with Crippen LogP contribution in [0.4, 0.5) is 5.82 Å². The number of anilines is 1. The zero-order valence-corrected chi connectivity index (χ0v) is 16.6. The molecule has 0 saturated heterocycles. The second kappa shape index (κ2) is 8.14. The zero-order chi connectivity index (χ0) is 20.4. The minimum absolute atomic E-state index is 0.0966. The Morgan fingerprint density at radius 2 is 1.93 bits per heavy atom. The topological polar surface area (TPSA) is 103 Å². The molecule has 8 heteroatoms.